The van der Waals surface area contributed by atoms with E-state index in [1.54, 1.807) is 4.90 Å². The molecule has 0 aliphatic carbocycles. The molecular weight excluding hydrogens is 418 g/mol. The topological polar surface area (TPSA) is 71.1 Å². The lowest BCUT2D eigenvalue weighted by molar-refractivity contribution is -0.122. The lowest BCUT2D eigenvalue weighted by Gasteiger charge is -2.31. The number of nitrogens with one attached hydrogen (secondary N) is 1. The van der Waals surface area contributed by atoms with Crippen LogP contribution < -0.4 is 10.1 Å². The van der Waals surface area contributed by atoms with Gasteiger partial charge in [0.25, 0.3) is 5.91 Å². The Morgan fingerprint density at radius 1 is 1.12 bits per heavy atom. The van der Waals surface area contributed by atoms with Crippen molar-refractivity contribution in [2.75, 3.05) is 44.8 Å². The van der Waals surface area contributed by atoms with Crippen LogP contribution in [0.25, 0.3) is 0 Å². The Kier molecular flexibility index (Phi) is 7.62. The Bertz CT molecular complexity index is 956. The number of nitrogens with zero attached hydrogens (tertiary/aromatic N) is 2. The molecule has 0 unspecified atom stereocenters. The van der Waals surface area contributed by atoms with Gasteiger partial charge in [0, 0.05) is 37.4 Å². The van der Waals surface area contributed by atoms with E-state index in [9.17, 15) is 9.59 Å². The molecule has 4 rings (SSSR count). The summed E-state index contributed by atoms with van der Waals surface area (Å²) in [5, 5.41) is 3.01. The average molecular weight is 452 g/mol. The van der Waals surface area contributed by atoms with Crippen molar-refractivity contribution in [2.45, 2.75) is 32.9 Å². The number of anilines is 1. The lowest BCUT2D eigenvalue weighted by atomic mass is 9.96. The first kappa shape index (κ1) is 23.3. The van der Waals surface area contributed by atoms with E-state index in [1.165, 1.54) is 0 Å². The van der Waals surface area contributed by atoms with Crippen molar-refractivity contribution >= 4 is 17.5 Å². The van der Waals surface area contributed by atoms with Gasteiger partial charge in [-0.2, -0.15) is 0 Å². The van der Waals surface area contributed by atoms with Gasteiger partial charge in [0.2, 0.25) is 5.91 Å². The van der Waals surface area contributed by atoms with Gasteiger partial charge in [-0.15, -0.1) is 0 Å². The van der Waals surface area contributed by atoms with Gasteiger partial charge in [-0.05, 0) is 41.8 Å². The van der Waals surface area contributed by atoms with Gasteiger partial charge in [0.05, 0.1) is 13.2 Å². The first-order valence-corrected chi connectivity index (χ1v) is 11.8. The summed E-state index contributed by atoms with van der Waals surface area (Å²) >= 11 is 0. The fraction of sp³-hybridized carbons (Fsp3) is 0.462. The van der Waals surface area contributed by atoms with Gasteiger partial charge in [-0.1, -0.05) is 38.5 Å². The highest BCUT2D eigenvalue weighted by molar-refractivity contribution is 6.03. The number of hydrogen-bond acceptors (Lipinski definition) is 5. The predicted molar refractivity (Wildman–Crippen MR) is 127 cm³/mol. The lowest BCUT2D eigenvalue weighted by Crippen LogP contribution is -2.48. The Balaban J connectivity index is 1.35. The molecule has 2 atom stereocenters. The Morgan fingerprint density at radius 3 is 2.55 bits per heavy atom. The summed E-state index contributed by atoms with van der Waals surface area (Å²) in [5.74, 6) is 0.567. The quantitative estimate of drug-likeness (QED) is 0.633. The number of benzene rings is 2. The highest BCUT2D eigenvalue weighted by Gasteiger charge is 2.38. The van der Waals surface area contributed by atoms with Crippen LogP contribution in [0.3, 0.4) is 0 Å². The zero-order chi connectivity index (χ0) is 23.2. The molecule has 0 saturated carbocycles. The molecule has 2 aromatic carbocycles. The van der Waals surface area contributed by atoms with Gasteiger partial charge in [0.15, 0.2) is 0 Å². The van der Waals surface area contributed by atoms with Crippen LogP contribution in [0.1, 0.15) is 36.2 Å². The van der Waals surface area contributed by atoms with Gasteiger partial charge >= 0.3 is 0 Å². The van der Waals surface area contributed by atoms with Crippen LogP contribution in [0.2, 0.25) is 0 Å². The normalized spacial score (nSPS) is 18.0. The maximum atomic E-state index is 13.3. The molecule has 2 aliphatic rings. The fourth-order valence-corrected chi connectivity index (χ4v) is 4.40. The van der Waals surface area contributed by atoms with Crippen LogP contribution in [0.4, 0.5) is 5.69 Å². The molecule has 176 valence electrons. The Labute approximate surface area is 195 Å². The minimum absolute atomic E-state index is 0.0334. The highest BCUT2D eigenvalue weighted by Crippen LogP contribution is 2.29. The number of hydrogen-bond donors (Lipinski definition) is 1. The zero-order valence-corrected chi connectivity index (χ0v) is 19.5. The van der Waals surface area contributed by atoms with Crippen molar-refractivity contribution in [1.82, 2.24) is 9.80 Å². The van der Waals surface area contributed by atoms with Crippen molar-refractivity contribution in [3.05, 3.63) is 59.7 Å². The van der Waals surface area contributed by atoms with Crippen molar-refractivity contribution in [2.24, 2.45) is 5.92 Å². The average Bonchev–Trinajstić information content (AvgIpc) is 3.17. The molecule has 33 heavy (non-hydrogen) atoms. The third kappa shape index (κ3) is 5.54. The van der Waals surface area contributed by atoms with Gasteiger partial charge in [-0.25, -0.2) is 0 Å². The predicted octanol–water partition coefficient (Wildman–Crippen LogP) is 3.41. The van der Waals surface area contributed by atoms with Gasteiger partial charge in [-0.3, -0.25) is 14.5 Å². The molecule has 0 bridgehead atoms. The Morgan fingerprint density at radius 2 is 1.85 bits per heavy atom. The maximum Gasteiger partial charge on any atom is 0.255 e. The van der Waals surface area contributed by atoms with Crippen LogP contribution >= 0.6 is 0 Å². The largest absolute Gasteiger partial charge is 0.492 e. The number of amides is 2. The molecule has 2 aliphatic heterocycles. The molecule has 0 radical (unpaired) electrons. The van der Waals surface area contributed by atoms with Crippen molar-refractivity contribution in [3.63, 3.8) is 0 Å². The molecule has 1 saturated heterocycles. The monoisotopic (exact) mass is 451 g/mol. The second-order valence-electron chi connectivity index (χ2n) is 8.74. The summed E-state index contributed by atoms with van der Waals surface area (Å²) in [7, 11) is 0. The molecule has 0 aromatic heterocycles. The van der Waals surface area contributed by atoms with E-state index in [4.69, 9.17) is 9.47 Å². The number of morpholine rings is 1. The van der Waals surface area contributed by atoms with Crippen LogP contribution in [0.15, 0.2) is 48.5 Å². The summed E-state index contributed by atoms with van der Waals surface area (Å²) in [6.07, 6.45) is 0.800. The fourth-order valence-electron chi connectivity index (χ4n) is 4.40. The summed E-state index contributed by atoms with van der Waals surface area (Å²) in [4.78, 5) is 30.3. The number of carbonyl (C=O) groups excluding carboxylic acids is 2. The molecule has 7 heteroatoms. The standard InChI is InChI=1S/C26H33N3O4/c1-3-19(2)24(29-18-20-6-4-5-7-23(20)26(29)31)25(30)27-21-8-10-22(11-9-21)33-17-14-28-12-15-32-16-13-28/h4-11,19,24H,3,12-18H2,1-2H3,(H,27,30)/t19-,24-/m0/s1. The van der Waals surface area contributed by atoms with Crippen molar-refractivity contribution in [1.29, 1.82) is 0 Å². The highest BCUT2D eigenvalue weighted by atomic mass is 16.5. The zero-order valence-electron chi connectivity index (χ0n) is 19.5. The van der Waals surface area contributed by atoms with Crippen molar-refractivity contribution in [3.8, 4) is 5.75 Å². The minimum Gasteiger partial charge on any atom is -0.492 e. The maximum absolute atomic E-state index is 13.3. The number of carbonyl (C=O) groups is 2. The van der Waals surface area contributed by atoms with Crippen LogP contribution in [0, 0.1) is 5.92 Å². The van der Waals surface area contributed by atoms with E-state index in [0.717, 1.165) is 50.6 Å². The summed E-state index contributed by atoms with van der Waals surface area (Å²) in [6, 6.07) is 14.5. The van der Waals surface area contributed by atoms with Gasteiger partial charge < -0.3 is 19.7 Å². The molecule has 0 spiro atoms. The molecule has 1 fully saturated rings. The smallest absolute Gasteiger partial charge is 0.255 e. The summed E-state index contributed by atoms with van der Waals surface area (Å²) in [5.41, 5.74) is 2.36. The van der Waals surface area contributed by atoms with Crippen LogP contribution in [-0.2, 0) is 16.1 Å². The minimum atomic E-state index is -0.528. The van der Waals surface area contributed by atoms with E-state index < -0.39 is 6.04 Å². The molecule has 1 N–H and O–H groups in total. The summed E-state index contributed by atoms with van der Waals surface area (Å²) < 4.78 is 11.2. The van der Waals surface area contributed by atoms with E-state index >= 15 is 0 Å². The number of rotatable bonds is 9. The first-order chi connectivity index (χ1) is 16.1. The summed E-state index contributed by atoms with van der Waals surface area (Å²) in [6.45, 7) is 9.44. The third-order valence-electron chi connectivity index (χ3n) is 6.54. The Hall–Kier alpha value is -2.90. The SMILES string of the molecule is CC[C@H](C)[C@@H](C(=O)Nc1ccc(OCCN2CCOCC2)cc1)N1Cc2ccccc2C1=O. The second kappa shape index (κ2) is 10.8. The molecule has 2 heterocycles. The third-order valence-corrected chi connectivity index (χ3v) is 6.54. The molecule has 7 nitrogen and oxygen atoms in total. The first-order valence-electron chi connectivity index (χ1n) is 11.8. The van der Waals surface area contributed by atoms with Crippen LogP contribution in [-0.4, -0.2) is 67.1 Å². The second-order valence-corrected chi connectivity index (χ2v) is 8.74. The van der Waals surface area contributed by atoms with E-state index in [2.05, 4.69) is 10.2 Å². The van der Waals surface area contributed by atoms with Gasteiger partial charge in [0.1, 0.15) is 18.4 Å². The molecule has 2 amide bonds. The number of ether oxygens (including phenoxy) is 2. The molecular formula is C26H33N3O4. The molecule has 2 aromatic rings. The number of fused-ring (bicyclic) bond motifs is 1. The van der Waals surface area contributed by atoms with Crippen LogP contribution in [0.5, 0.6) is 5.75 Å². The van der Waals surface area contributed by atoms with E-state index in [1.807, 2.05) is 62.4 Å². The van der Waals surface area contributed by atoms with Crippen molar-refractivity contribution < 1.29 is 19.1 Å². The van der Waals surface area contributed by atoms with E-state index in [-0.39, 0.29) is 17.7 Å². The van der Waals surface area contributed by atoms with E-state index in [0.29, 0.717) is 24.4 Å².